The summed E-state index contributed by atoms with van der Waals surface area (Å²) in [4.78, 5) is 2.35. The second kappa shape index (κ2) is 8.12. The summed E-state index contributed by atoms with van der Waals surface area (Å²) in [6, 6.07) is 11.8. The lowest BCUT2D eigenvalue weighted by Gasteiger charge is -2.26. The van der Waals surface area contributed by atoms with Crippen LogP contribution in [0.5, 0.6) is 17.2 Å². The van der Waals surface area contributed by atoms with E-state index >= 15 is 0 Å². The van der Waals surface area contributed by atoms with Gasteiger partial charge in [-0.05, 0) is 17.7 Å². The van der Waals surface area contributed by atoms with Gasteiger partial charge in [-0.3, -0.25) is 4.90 Å². The third-order valence-corrected chi connectivity index (χ3v) is 5.11. The Balaban J connectivity index is 1.87. The Hall–Kier alpha value is -2.70. The van der Waals surface area contributed by atoms with Gasteiger partial charge in [0, 0.05) is 30.8 Å². The van der Waals surface area contributed by atoms with Gasteiger partial charge in [-0.1, -0.05) is 12.1 Å². The summed E-state index contributed by atoms with van der Waals surface area (Å²) in [5, 5.41) is 0.955. The molecule has 0 spiro atoms. The first kappa shape index (κ1) is 18.7. The Bertz CT molecular complexity index is 942. The molecule has 0 saturated carbocycles. The first-order chi connectivity index (χ1) is 13.7. The zero-order valence-electron chi connectivity index (χ0n) is 16.5. The minimum absolute atomic E-state index is 0.706. The zero-order valence-corrected chi connectivity index (χ0v) is 16.5. The standard InChI is InChI=1S/C22H25NO5/c1-24-16-6-4-15(5-7-16)21-20(14-23-8-10-27-11-9-23)28-19-13-17(25-2)12-18(26-3)22(19)21/h4-7,12-13H,8-11,14H2,1-3H3. The van der Waals surface area contributed by atoms with Crippen LogP contribution in [0.25, 0.3) is 22.1 Å². The van der Waals surface area contributed by atoms with Crippen molar-refractivity contribution in [1.82, 2.24) is 4.90 Å². The Kier molecular flexibility index (Phi) is 5.41. The molecule has 1 aromatic heterocycles. The van der Waals surface area contributed by atoms with E-state index in [9.17, 15) is 0 Å². The van der Waals surface area contributed by atoms with Crippen molar-refractivity contribution in [3.8, 4) is 28.4 Å². The van der Waals surface area contributed by atoms with Crippen LogP contribution in [0.3, 0.4) is 0 Å². The van der Waals surface area contributed by atoms with Crippen molar-refractivity contribution in [2.24, 2.45) is 0 Å². The van der Waals surface area contributed by atoms with Crippen LogP contribution in [0.4, 0.5) is 0 Å². The van der Waals surface area contributed by atoms with Gasteiger partial charge in [0.05, 0.1) is 46.5 Å². The highest BCUT2D eigenvalue weighted by molar-refractivity contribution is 6.01. The van der Waals surface area contributed by atoms with Crippen molar-refractivity contribution in [3.63, 3.8) is 0 Å². The van der Waals surface area contributed by atoms with Crippen molar-refractivity contribution in [3.05, 3.63) is 42.2 Å². The molecule has 0 atom stereocenters. The summed E-state index contributed by atoms with van der Waals surface area (Å²) >= 11 is 0. The minimum atomic E-state index is 0.706. The average Bonchev–Trinajstić information content (AvgIpc) is 3.11. The van der Waals surface area contributed by atoms with Gasteiger partial charge in [-0.15, -0.1) is 0 Å². The van der Waals surface area contributed by atoms with E-state index in [-0.39, 0.29) is 0 Å². The Morgan fingerprint density at radius 1 is 0.893 bits per heavy atom. The maximum atomic E-state index is 6.32. The second-order valence-electron chi connectivity index (χ2n) is 6.72. The topological polar surface area (TPSA) is 53.3 Å². The van der Waals surface area contributed by atoms with Crippen molar-refractivity contribution < 1.29 is 23.4 Å². The maximum Gasteiger partial charge on any atom is 0.142 e. The third-order valence-electron chi connectivity index (χ3n) is 5.11. The molecule has 1 fully saturated rings. The van der Waals surface area contributed by atoms with E-state index in [1.807, 2.05) is 24.3 Å². The van der Waals surface area contributed by atoms with E-state index in [0.717, 1.165) is 65.7 Å². The van der Waals surface area contributed by atoms with Crippen LogP contribution in [-0.2, 0) is 11.3 Å². The molecular formula is C22H25NO5. The quantitative estimate of drug-likeness (QED) is 0.642. The summed E-state index contributed by atoms with van der Waals surface area (Å²) in [5.74, 6) is 3.17. The van der Waals surface area contributed by atoms with Crippen molar-refractivity contribution in [1.29, 1.82) is 0 Å². The Morgan fingerprint density at radius 3 is 2.25 bits per heavy atom. The van der Waals surface area contributed by atoms with Gasteiger partial charge in [0.15, 0.2) is 0 Å². The lowest BCUT2D eigenvalue weighted by Crippen LogP contribution is -2.35. The average molecular weight is 383 g/mol. The largest absolute Gasteiger partial charge is 0.497 e. The predicted octanol–water partition coefficient (Wildman–Crippen LogP) is 3.96. The SMILES string of the molecule is COc1ccc(-c2c(CN3CCOCC3)oc3cc(OC)cc(OC)c23)cc1. The van der Waals surface area contributed by atoms with Crippen LogP contribution in [0.1, 0.15) is 5.76 Å². The molecule has 3 aromatic rings. The number of hydrogen-bond acceptors (Lipinski definition) is 6. The molecular weight excluding hydrogens is 358 g/mol. The Labute approximate surface area is 164 Å². The van der Waals surface area contributed by atoms with Gasteiger partial charge < -0.3 is 23.4 Å². The summed E-state index contributed by atoms with van der Waals surface area (Å²) in [6.07, 6.45) is 0. The summed E-state index contributed by atoms with van der Waals surface area (Å²) in [6.45, 7) is 3.98. The lowest BCUT2D eigenvalue weighted by molar-refractivity contribution is 0.0316. The van der Waals surface area contributed by atoms with Crippen LogP contribution >= 0.6 is 0 Å². The fraction of sp³-hybridized carbons (Fsp3) is 0.364. The number of fused-ring (bicyclic) bond motifs is 1. The van der Waals surface area contributed by atoms with Crippen LogP contribution in [0.15, 0.2) is 40.8 Å². The van der Waals surface area contributed by atoms with Crippen LogP contribution in [0, 0.1) is 0 Å². The van der Waals surface area contributed by atoms with Gasteiger partial charge in [-0.25, -0.2) is 0 Å². The highest BCUT2D eigenvalue weighted by atomic mass is 16.5. The predicted molar refractivity (Wildman–Crippen MR) is 107 cm³/mol. The van der Waals surface area contributed by atoms with Crippen LogP contribution < -0.4 is 14.2 Å². The normalized spacial score (nSPS) is 15.0. The van der Waals surface area contributed by atoms with Crippen molar-refractivity contribution >= 4 is 11.0 Å². The molecule has 1 aliphatic heterocycles. The molecule has 1 saturated heterocycles. The maximum absolute atomic E-state index is 6.32. The highest BCUT2D eigenvalue weighted by Crippen LogP contribution is 2.43. The number of ether oxygens (including phenoxy) is 4. The van der Waals surface area contributed by atoms with Gasteiger partial charge in [-0.2, -0.15) is 0 Å². The molecule has 0 N–H and O–H groups in total. The fourth-order valence-electron chi connectivity index (χ4n) is 3.63. The molecule has 6 nitrogen and oxygen atoms in total. The molecule has 4 rings (SSSR count). The van der Waals surface area contributed by atoms with Crippen molar-refractivity contribution in [2.75, 3.05) is 47.6 Å². The van der Waals surface area contributed by atoms with Crippen LogP contribution in [-0.4, -0.2) is 52.5 Å². The zero-order chi connectivity index (χ0) is 19.5. The molecule has 0 unspecified atom stereocenters. The number of methoxy groups -OCH3 is 3. The molecule has 28 heavy (non-hydrogen) atoms. The second-order valence-corrected chi connectivity index (χ2v) is 6.72. The molecule has 0 radical (unpaired) electrons. The molecule has 0 aliphatic carbocycles. The number of benzene rings is 2. The monoisotopic (exact) mass is 383 g/mol. The summed E-state index contributed by atoms with van der Waals surface area (Å²) in [7, 11) is 4.98. The summed E-state index contributed by atoms with van der Waals surface area (Å²) in [5.41, 5.74) is 2.86. The first-order valence-corrected chi connectivity index (χ1v) is 9.35. The summed E-state index contributed by atoms with van der Waals surface area (Å²) < 4.78 is 28.2. The highest BCUT2D eigenvalue weighted by Gasteiger charge is 2.23. The van der Waals surface area contributed by atoms with Gasteiger partial charge in [0.1, 0.15) is 28.6 Å². The number of nitrogens with zero attached hydrogens (tertiary/aromatic N) is 1. The van der Waals surface area contributed by atoms with Crippen molar-refractivity contribution in [2.45, 2.75) is 6.54 Å². The lowest BCUT2D eigenvalue weighted by atomic mass is 10.0. The van der Waals surface area contributed by atoms with Crippen LogP contribution in [0.2, 0.25) is 0 Å². The van der Waals surface area contributed by atoms with E-state index in [2.05, 4.69) is 17.0 Å². The van der Waals surface area contributed by atoms with Gasteiger partial charge >= 0.3 is 0 Å². The van der Waals surface area contributed by atoms with E-state index in [4.69, 9.17) is 23.4 Å². The first-order valence-electron chi connectivity index (χ1n) is 9.35. The van der Waals surface area contributed by atoms with E-state index < -0.39 is 0 Å². The minimum Gasteiger partial charge on any atom is -0.497 e. The molecule has 148 valence electrons. The number of hydrogen-bond donors (Lipinski definition) is 0. The fourth-order valence-corrected chi connectivity index (χ4v) is 3.63. The number of rotatable bonds is 6. The number of morpholine rings is 1. The number of furan rings is 1. The van der Waals surface area contributed by atoms with E-state index in [1.165, 1.54) is 0 Å². The molecule has 1 aliphatic rings. The molecule has 6 heteroatoms. The molecule has 2 heterocycles. The molecule has 2 aromatic carbocycles. The molecule has 0 bridgehead atoms. The third kappa shape index (κ3) is 3.53. The molecule has 0 amide bonds. The van der Waals surface area contributed by atoms with E-state index in [0.29, 0.717) is 12.3 Å². The van der Waals surface area contributed by atoms with Gasteiger partial charge in [0.25, 0.3) is 0 Å². The smallest absolute Gasteiger partial charge is 0.142 e. The van der Waals surface area contributed by atoms with E-state index in [1.54, 1.807) is 21.3 Å². The Morgan fingerprint density at radius 2 is 1.61 bits per heavy atom. The van der Waals surface area contributed by atoms with Gasteiger partial charge in [0.2, 0.25) is 0 Å².